The van der Waals surface area contributed by atoms with Crippen LogP contribution in [0, 0.1) is 0 Å². The number of rotatable bonds is 0. The van der Waals surface area contributed by atoms with Crippen molar-refractivity contribution >= 4 is 0 Å². The molecule has 0 atom stereocenters. The van der Waals surface area contributed by atoms with Gasteiger partial charge < -0.3 is 20.6 Å². The lowest BCUT2D eigenvalue weighted by Gasteiger charge is -2.10. The minimum absolute atomic E-state index is 0.177. The lowest BCUT2D eigenvalue weighted by atomic mass is 10.0. The van der Waals surface area contributed by atoms with Gasteiger partial charge in [0.2, 0.25) is 5.75 Å². The molecule has 0 saturated heterocycles. The zero-order valence-corrected chi connectivity index (χ0v) is 7.75. The Morgan fingerprint density at radius 3 is 2.50 bits per heavy atom. The normalized spacial score (nSPS) is 16.0. The maximum absolute atomic E-state index is 9.61. The summed E-state index contributed by atoms with van der Waals surface area (Å²) < 4.78 is 0. The summed E-state index contributed by atoms with van der Waals surface area (Å²) in [6.45, 7) is 1.61. The Hall–Kier alpha value is -1.42. The van der Waals surface area contributed by atoms with Gasteiger partial charge in [0.25, 0.3) is 0 Å². The predicted octanol–water partition coefficient (Wildman–Crippen LogP) is 0.492. The van der Waals surface area contributed by atoms with Gasteiger partial charge in [0.1, 0.15) is 0 Å². The maximum atomic E-state index is 9.61. The van der Waals surface area contributed by atoms with Crippen LogP contribution in [0.2, 0.25) is 0 Å². The molecule has 4 heteroatoms. The number of hydrogen-bond acceptors (Lipinski definition) is 4. The Kier molecular flexibility index (Phi) is 2.21. The maximum Gasteiger partial charge on any atom is 0.200 e. The molecule has 0 unspecified atom stereocenters. The Bertz CT molecular complexity index is 363. The number of aromatic hydroxyl groups is 3. The van der Waals surface area contributed by atoms with Crippen molar-refractivity contribution in [2.75, 3.05) is 13.1 Å². The zero-order valence-electron chi connectivity index (χ0n) is 7.75. The second-order valence-electron chi connectivity index (χ2n) is 3.48. The highest BCUT2D eigenvalue weighted by atomic mass is 16.3. The first-order chi connectivity index (χ1) is 6.70. The third kappa shape index (κ3) is 1.37. The monoisotopic (exact) mass is 195 g/mol. The molecule has 0 fully saturated rings. The summed E-state index contributed by atoms with van der Waals surface area (Å²) >= 11 is 0. The summed E-state index contributed by atoms with van der Waals surface area (Å²) in [5.41, 5.74) is 1.65. The molecule has 1 aliphatic rings. The van der Waals surface area contributed by atoms with Crippen LogP contribution in [0.1, 0.15) is 11.1 Å². The molecule has 0 amide bonds. The zero-order chi connectivity index (χ0) is 10.1. The van der Waals surface area contributed by atoms with E-state index in [1.165, 1.54) is 6.07 Å². The van der Waals surface area contributed by atoms with Gasteiger partial charge in [-0.1, -0.05) is 0 Å². The van der Waals surface area contributed by atoms with E-state index in [0.717, 1.165) is 30.6 Å². The van der Waals surface area contributed by atoms with Crippen LogP contribution in [0.4, 0.5) is 0 Å². The van der Waals surface area contributed by atoms with E-state index in [4.69, 9.17) is 0 Å². The van der Waals surface area contributed by atoms with Gasteiger partial charge >= 0.3 is 0 Å². The van der Waals surface area contributed by atoms with Crippen molar-refractivity contribution in [3.63, 3.8) is 0 Å². The van der Waals surface area contributed by atoms with E-state index in [2.05, 4.69) is 5.32 Å². The quantitative estimate of drug-likeness (QED) is 0.455. The first-order valence-corrected chi connectivity index (χ1v) is 4.66. The van der Waals surface area contributed by atoms with Crippen molar-refractivity contribution < 1.29 is 15.3 Å². The van der Waals surface area contributed by atoms with Crippen LogP contribution in [-0.4, -0.2) is 28.4 Å². The summed E-state index contributed by atoms with van der Waals surface area (Å²) in [7, 11) is 0. The van der Waals surface area contributed by atoms with Gasteiger partial charge in [-0.15, -0.1) is 0 Å². The molecule has 1 heterocycles. The van der Waals surface area contributed by atoms with E-state index in [9.17, 15) is 15.3 Å². The standard InChI is InChI=1S/C10H13NO3/c12-8-5-6-1-3-11-4-2-7(6)9(13)10(8)14/h5,11-14H,1-4H2. The van der Waals surface area contributed by atoms with Crippen LogP contribution in [0.25, 0.3) is 0 Å². The molecule has 4 N–H and O–H groups in total. The molecule has 0 aromatic heterocycles. The van der Waals surface area contributed by atoms with Crippen LogP contribution in [0.3, 0.4) is 0 Å². The summed E-state index contributed by atoms with van der Waals surface area (Å²) in [6.07, 6.45) is 1.44. The van der Waals surface area contributed by atoms with Crippen LogP contribution in [0.15, 0.2) is 6.07 Å². The van der Waals surface area contributed by atoms with Crippen molar-refractivity contribution in [1.29, 1.82) is 0 Å². The lowest BCUT2D eigenvalue weighted by Crippen LogP contribution is -2.16. The molecular formula is C10H13NO3. The second kappa shape index (κ2) is 3.38. The van der Waals surface area contributed by atoms with Crippen LogP contribution >= 0.6 is 0 Å². The van der Waals surface area contributed by atoms with Crippen molar-refractivity contribution in [2.24, 2.45) is 0 Å². The van der Waals surface area contributed by atoms with E-state index in [0.29, 0.717) is 6.42 Å². The molecule has 0 aliphatic carbocycles. The average Bonchev–Trinajstić information content (AvgIpc) is 2.39. The summed E-state index contributed by atoms with van der Waals surface area (Å²) in [6, 6.07) is 1.53. The fraction of sp³-hybridized carbons (Fsp3) is 0.400. The Labute approximate surface area is 81.8 Å². The number of phenols is 3. The highest BCUT2D eigenvalue weighted by Gasteiger charge is 2.17. The van der Waals surface area contributed by atoms with Crippen molar-refractivity contribution in [3.05, 3.63) is 17.2 Å². The van der Waals surface area contributed by atoms with Gasteiger partial charge in [-0.3, -0.25) is 0 Å². The number of fused-ring (bicyclic) bond motifs is 1. The third-order valence-electron chi connectivity index (χ3n) is 2.57. The first kappa shape index (κ1) is 9.15. The van der Waals surface area contributed by atoms with E-state index in [1.807, 2.05) is 0 Å². The van der Waals surface area contributed by atoms with E-state index < -0.39 is 5.75 Å². The van der Waals surface area contributed by atoms with Gasteiger partial charge in [-0.05, 0) is 37.6 Å². The van der Waals surface area contributed by atoms with E-state index >= 15 is 0 Å². The van der Waals surface area contributed by atoms with Gasteiger partial charge in [-0.25, -0.2) is 0 Å². The summed E-state index contributed by atoms with van der Waals surface area (Å²) in [4.78, 5) is 0. The number of hydrogen-bond donors (Lipinski definition) is 4. The lowest BCUT2D eigenvalue weighted by molar-refractivity contribution is 0.364. The van der Waals surface area contributed by atoms with Gasteiger partial charge in [0.15, 0.2) is 11.5 Å². The molecule has 0 bridgehead atoms. The SMILES string of the molecule is Oc1cc2c(c(O)c1O)CCNCC2. The fourth-order valence-corrected chi connectivity index (χ4v) is 1.80. The predicted molar refractivity (Wildman–Crippen MR) is 51.7 cm³/mol. The number of nitrogens with one attached hydrogen (secondary N) is 1. The van der Waals surface area contributed by atoms with Crippen LogP contribution < -0.4 is 5.32 Å². The summed E-state index contributed by atoms with van der Waals surface area (Å²) in [5.74, 6) is -0.836. The second-order valence-corrected chi connectivity index (χ2v) is 3.48. The molecule has 1 aliphatic heterocycles. The van der Waals surface area contributed by atoms with Crippen molar-refractivity contribution in [1.82, 2.24) is 5.32 Å². The fourth-order valence-electron chi connectivity index (χ4n) is 1.80. The molecule has 1 aromatic rings. The largest absolute Gasteiger partial charge is 0.504 e. The molecule has 1 aromatic carbocycles. The smallest absolute Gasteiger partial charge is 0.200 e. The minimum atomic E-state index is -0.411. The van der Waals surface area contributed by atoms with E-state index in [1.54, 1.807) is 0 Å². The molecular weight excluding hydrogens is 182 g/mol. The Morgan fingerprint density at radius 2 is 1.71 bits per heavy atom. The first-order valence-electron chi connectivity index (χ1n) is 4.66. The van der Waals surface area contributed by atoms with Crippen LogP contribution in [0.5, 0.6) is 17.2 Å². The molecule has 4 nitrogen and oxygen atoms in total. The molecule has 0 saturated carbocycles. The van der Waals surface area contributed by atoms with Gasteiger partial charge in [0, 0.05) is 5.56 Å². The number of phenolic OH excluding ortho intramolecular Hbond substituents is 3. The Balaban J connectivity index is 2.55. The van der Waals surface area contributed by atoms with Crippen LogP contribution in [-0.2, 0) is 12.8 Å². The molecule has 0 radical (unpaired) electrons. The molecule has 2 rings (SSSR count). The topological polar surface area (TPSA) is 72.7 Å². The molecule has 76 valence electrons. The Morgan fingerprint density at radius 1 is 1.00 bits per heavy atom. The highest BCUT2D eigenvalue weighted by Crippen LogP contribution is 2.40. The summed E-state index contributed by atoms with van der Waals surface area (Å²) in [5, 5.41) is 31.4. The van der Waals surface area contributed by atoms with Gasteiger partial charge in [-0.2, -0.15) is 0 Å². The van der Waals surface area contributed by atoms with Crippen molar-refractivity contribution in [2.45, 2.75) is 12.8 Å². The van der Waals surface area contributed by atoms with Gasteiger partial charge in [0.05, 0.1) is 0 Å². The highest BCUT2D eigenvalue weighted by molar-refractivity contribution is 5.57. The van der Waals surface area contributed by atoms with Crippen molar-refractivity contribution in [3.8, 4) is 17.2 Å². The van der Waals surface area contributed by atoms with E-state index in [-0.39, 0.29) is 11.5 Å². The molecule has 0 spiro atoms. The third-order valence-corrected chi connectivity index (χ3v) is 2.57. The average molecular weight is 195 g/mol. The minimum Gasteiger partial charge on any atom is -0.504 e. The molecule has 14 heavy (non-hydrogen) atoms. The number of benzene rings is 1.